The number of halogens is 2. The molecule has 0 atom stereocenters. The molecule has 21 heavy (non-hydrogen) atoms. The van der Waals surface area contributed by atoms with Gasteiger partial charge in [0.2, 0.25) is 5.95 Å². The Labute approximate surface area is 130 Å². The van der Waals surface area contributed by atoms with Gasteiger partial charge in [-0.3, -0.25) is 4.79 Å². The number of hydrogen-bond donors (Lipinski definition) is 2. The first-order valence-electron chi connectivity index (χ1n) is 6.55. The number of carbonyl (C=O) groups is 1. The van der Waals surface area contributed by atoms with Crippen molar-refractivity contribution in [3.63, 3.8) is 0 Å². The fourth-order valence-corrected chi connectivity index (χ4v) is 1.98. The summed E-state index contributed by atoms with van der Waals surface area (Å²) in [6, 6.07) is 11.8. The lowest BCUT2D eigenvalue weighted by Crippen LogP contribution is -2.25. The van der Waals surface area contributed by atoms with Crippen molar-refractivity contribution >= 4 is 27.7 Å². The van der Waals surface area contributed by atoms with Crippen LogP contribution >= 0.6 is 15.9 Å². The van der Waals surface area contributed by atoms with Gasteiger partial charge in [0.15, 0.2) is 0 Å². The topological polar surface area (TPSA) is 54.0 Å². The number of amides is 1. The molecule has 2 rings (SSSR count). The van der Waals surface area contributed by atoms with Crippen LogP contribution in [0.15, 0.2) is 46.9 Å². The summed E-state index contributed by atoms with van der Waals surface area (Å²) in [6.07, 6.45) is 0.723. The average Bonchev–Trinajstić information content (AvgIpc) is 2.47. The molecule has 0 aliphatic rings. The lowest BCUT2D eigenvalue weighted by atomic mass is 10.2. The highest BCUT2D eigenvalue weighted by Gasteiger charge is 2.03. The molecule has 2 aromatic rings. The molecule has 1 aromatic carbocycles. The molecule has 0 spiro atoms. The molecule has 0 unspecified atom stereocenters. The molecular formula is C15H15BrFN3O. The second-order valence-electron chi connectivity index (χ2n) is 4.39. The zero-order valence-electron chi connectivity index (χ0n) is 11.3. The van der Waals surface area contributed by atoms with Crippen molar-refractivity contribution in [1.29, 1.82) is 0 Å². The summed E-state index contributed by atoms with van der Waals surface area (Å²) in [4.78, 5) is 15.5. The second kappa shape index (κ2) is 7.73. The lowest BCUT2D eigenvalue weighted by molar-refractivity contribution is 0.0953. The molecule has 0 saturated carbocycles. The normalized spacial score (nSPS) is 10.2. The van der Waals surface area contributed by atoms with Crippen LogP contribution in [0.25, 0.3) is 0 Å². The highest BCUT2D eigenvalue weighted by molar-refractivity contribution is 9.10. The first-order chi connectivity index (χ1) is 10.1. The van der Waals surface area contributed by atoms with Crippen molar-refractivity contribution in [2.75, 3.05) is 18.4 Å². The third-order valence-corrected chi connectivity index (χ3v) is 3.30. The maximum Gasteiger partial charge on any atom is 0.251 e. The smallest absolute Gasteiger partial charge is 0.251 e. The summed E-state index contributed by atoms with van der Waals surface area (Å²) in [5.41, 5.74) is 0.623. The van der Waals surface area contributed by atoms with Gasteiger partial charge in [-0.15, -0.1) is 0 Å². The van der Waals surface area contributed by atoms with Crippen molar-refractivity contribution < 1.29 is 9.18 Å². The van der Waals surface area contributed by atoms with E-state index in [1.807, 2.05) is 12.1 Å². The van der Waals surface area contributed by atoms with Crippen LogP contribution in [-0.2, 0) is 0 Å². The first-order valence-corrected chi connectivity index (χ1v) is 7.34. The SMILES string of the molecule is O=C(NCCCNc1cccc(F)n1)c1ccc(Br)cc1. The number of aromatic nitrogens is 1. The number of nitrogens with zero attached hydrogens (tertiary/aromatic N) is 1. The number of carbonyl (C=O) groups excluding carboxylic acids is 1. The van der Waals surface area contributed by atoms with Gasteiger partial charge in [0.25, 0.3) is 5.91 Å². The quantitative estimate of drug-likeness (QED) is 0.620. The van der Waals surface area contributed by atoms with Crippen LogP contribution in [-0.4, -0.2) is 24.0 Å². The van der Waals surface area contributed by atoms with E-state index >= 15 is 0 Å². The molecule has 4 nitrogen and oxygen atoms in total. The average molecular weight is 352 g/mol. The molecule has 0 aliphatic carbocycles. The van der Waals surface area contributed by atoms with Gasteiger partial charge < -0.3 is 10.6 Å². The third kappa shape index (κ3) is 5.15. The van der Waals surface area contributed by atoms with E-state index in [9.17, 15) is 9.18 Å². The van der Waals surface area contributed by atoms with Crippen LogP contribution in [0.1, 0.15) is 16.8 Å². The zero-order valence-corrected chi connectivity index (χ0v) is 12.9. The van der Waals surface area contributed by atoms with Crippen molar-refractivity contribution in [2.45, 2.75) is 6.42 Å². The van der Waals surface area contributed by atoms with Crippen molar-refractivity contribution in [2.24, 2.45) is 0 Å². The monoisotopic (exact) mass is 351 g/mol. The summed E-state index contributed by atoms with van der Waals surface area (Å²) in [7, 11) is 0. The Kier molecular flexibility index (Phi) is 5.68. The van der Waals surface area contributed by atoms with Crippen molar-refractivity contribution in [3.05, 3.63) is 58.4 Å². The van der Waals surface area contributed by atoms with Crippen molar-refractivity contribution in [3.8, 4) is 0 Å². The van der Waals surface area contributed by atoms with Gasteiger partial charge in [-0.05, 0) is 42.8 Å². The number of benzene rings is 1. The van der Waals surface area contributed by atoms with E-state index in [0.717, 1.165) is 10.9 Å². The van der Waals surface area contributed by atoms with E-state index in [4.69, 9.17) is 0 Å². The molecule has 1 amide bonds. The fourth-order valence-electron chi connectivity index (χ4n) is 1.72. The Morgan fingerprint density at radius 1 is 1.14 bits per heavy atom. The Morgan fingerprint density at radius 2 is 1.90 bits per heavy atom. The molecule has 0 fully saturated rings. The molecule has 0 radical (unpaired) electrons. The van der Waals surface area contributed by atoms with Gasteiger partial charge in [-0.1, -0.05) is 22.0 Å². The predicted octanol–water partition coefficient (Wildman–Crippen LogP) is 3.22. The molecule has 1 aromatic heterocycles. The number of anilines is 1. The van der Waals surface area contributed by atoms with Gasteiger partial charge in [-0.25, -0.2) is 4.98 Å². The van der Waals surface area contributed by atoms with E-state index in [2.05, 4.69) is 31.5 Å². The zero-order chi connectivity index (χ0) is 15.1. The Bertz CT molecular complexity index is 604. The predicted molar refractivity (Wildman–Crippen MR) is 83.8 cm³/mol. The van der Waals surface area contributed by atoms with Crippen molar-refractivity contribution in [1.82, 2.24) is 10.3 Å². The molecular weight excluding hydrogens is 337 g/mol. The van der Waals surface area contributed by atoms with Crippen LogP contribution in [0.2, 0.25) is 0 Å². The van der Waals surface area contributed by atoms with Crippen LogP contribution < -0.4 is 10.6 Å². The van der Waals surface area contributed by atoms with Crippen LogP contribution in [0.4, 0.5) is 10.2 Å². The minimum atomic E-state index is -0.511. The van der Waals surface area contributed by atoms with E-state index in [1.54, 1.807) is 24.3 Å². The van der Waals surface area contributed by atoms with Gasteiger partial charge in [0.1, 0.15) is 5.82 Å². The van der Waals surface area contributed by atoms with Crippen LogP contribution in [0, 0.1) is 5.95 Å². The van der Waals surface area contributed by atoms with E-state index in [-0.39, 0.29) is 5.91 Å². The third-order valence-electron chi connectivity index (χ3n) is 2.77. The molecule has 1 heterocycles. The highest BCUT2D eigenvalue weighted by atomic mass is 79.9. The Morgan fingerprint density at radius 3 is 2.62 bits per heavy atom. The summed E-state index contributed by atoms with van der Waals surface area (Å²) >= 11 is 3.32. The maximum absolute atomic E-state index is 12.9. The van der Waals surface area contributed by atoms with E-state index < -0.39 is 5.95 Å². The van der Waals surface area contributed by atoms with E-state index in [1.165, 1.54) is 6.07 Å². The second-order valence-corrected chi connectivity index (χ2v) is 5.30. The summed E-state index contributed by atoms with van der Waals surface area (Å²) < 4.78 is 13.8. The largest absolute Gasteiger partial charge is 0.370 e. The van der Waals surface area contributed by atoms with Crippen LogP contribution in [0.3, 0.4) is 0 Å². The maximum atomic E-state index is 12.9. The summed E-state index contributed by atoms with van der Waals surface area (Å²) in [5, 5.41) is 5.83. The highest BCUT2D eigenvalue weighted by Crippen LogP contribution is 2.10. The molecule has 0 aliphatic heterocycles. The molecule has 0 saturated heterocycles. The number of nitrogens with one attached hydrogen (secondary N) is 2. The minimum Gasteiger partial charge on any atom is -0.370 e. The van der Waals surface area contributed by atoms with Gasteiger partial charge >= 0.3 is 0 Å². The fraction of sp³-hybridized carbons (Fsp3) is 0.200. The molecule has 2 N–H and O–H groups in total. The summed E-state index contributed by atoms with van der Waals surface area (Å²) in [5.74, 6) is -0.121. The van der Waals surface area contributed by atoms with Crippen LogP contribution in [0.5, 0.6) is 0 Å². The molecule has 6 heteroatoms. The minimum absolute atomic E-state index is 0.105. The number of pyridine rings is 1. The van der Waals surface area contributed by atoms with Gasteiger partial charge in [0, 0.05) is 23.1 Å². The number of hydrogen-bond acceptors (Lipinski definition) is 3. The Hall–Kier alpha value is -1.95. The number of rotatable bonds is 6. The standard InChI is InChI=1S/C15H15BrFN3O/c16-12-7-5-11(6-8-12)15(21)19-10-2-9-18-14-4-1-3-13(17)20-14/h1,3-8H,2,9-10H2,(H,18,20)(H,19,21). The Balaban J connectivity index is 1.68. The molecule has 0 bridgehead atoms. The molecule has 110 valence electrons. The first kappa shape index (κ1) is 15.4. The summed E-state index contributed by atoms with van der Waals surface area (Å²) in [6.45, 7) is 1.15. The van der Waals surface area contributed by atoms with Gasteiger partial charge in [0.05, 0.1) is 0 Å². The lowest BCUT2D eigenvalue weighted by Gasteiger charge is -2.07. The van der Waals surface area contributed by atoms with E-state index in [0.29, 0.717) is 24.5 Å². The van der Waals surface area contributed by atoms with Gasteiger partial charge in [-0.2, -0.15) is 4.39 Å².